The maximum Gasteiger partial charge on any atom is 0.122 e. The molecule has 0 amide bonds. The Kier molecular flexibility index (Phi) is 5.31. The minimum atomic E-state index is 0.669. The number of hydrogen-bond acceptors (Lipinski definition) is 2. The molecule has 2 aromatic rings. The number of aryl methyl sites for hydroxylation is 1. The fraction of sp³-hybridized carbons (Fsp3) is 0.500. The molecule has 2 aromatic carbocycles. The van der Waals surface area contributed by atoms with Crippen LogP contribution in [0.4, 0.5) is 0 Å². The summed E-state index contributed by atoms with van der Waals surface area (Å²) >= 11 is 0. The van der Waals surface area contributed by atoms with Crippen molar-refractivity contribution in [2.75, 3.05) is 20.2 Å². The van der Waals surface area contributed by atoms with Gasteiger partial charge in [-0.25, -0.2) is 0 Å². The average Bonchev–Trinajstić information content (AvgIpc) is 3.09. The lowest BCUT2D eigenvalue weighted by Gasteiger charge is -2.37. The van der Waals surface area contributed by atoms with E-state index in [1.54, 1.807) is 18.2 Å². The molecule has 2 aliphatic rings. The lowest BCUT2D eigenvalue weighted by molar-refractivity contribution is 0.168. The highest BCUT2D eigenvalue weighted by Crippen LogP contribution is 2.36. The number of ether oxygens (including phenoxy) is 1. The summed E-state index contributed by atoms with van der Waals surface area (Å²) in [5.41, 5.74) is 6.11. The van der Waals surface area contributed by atoms with E-state index in [-0.39, 0.29) is 0 Å². The third kappa shape index (κ3) is 3.40. The van der Waals surface area contributed by atoms with Crippen LogP contribution in [0.1, 0.15) is 54.4 Å². The predicted molar refractivity (Wildman–Crippen MR) is 108 cm³/mol. The number of methoxy groups -OCH3 is 1. The van der Waals surface area contributed by atoms with Crippen molar-refractivity contribution in [2.24, 2.45) is 0 Å². The summed E-state index contributed by atoms with van der Waals surface area (Å²) in [5.74, 6) is 1.79. The predicted octanol–water partition coefficient (Wildman–Crippen LogP) is 4.99. The fourth-order valence-corrected chi connectivity index (χ4v) is 5.08. The van der Waals surface area contributed by atoms with Crippen LogP contribution in [0.2, 0.25) is 0 Å². The first-order valence-electron chi connectivity index (χ1n) is 10.3. The molecule has 0 radical (unpaired) electrons. The van der Waals surface area contributed by atoms with E-state index in [1.807, 2.05) is 0 Å². The van der Waals surface area contributed by atoms with Crippen molar-refractivity contribution in [1.82, 2.24) is 4.90 Å². The van der Waals surface area contributed by atoms with Crippen LogP contribution in [0.15, 0.2) is 42.5 Å². The van der Waals surface area contributed by atoms with Crippen LogP contribution in [0, 0.1) is 0 Å². The molecule has 0 aromatic heterocycles. The summed E-state index contributed by atoms with van der Waals surface area (Å²) in [7, 11) is 1.79. The lowest BCUT2D eigenvalue weighted by Crippen LogP contribution is -2.42. The molecular formula is C24H31NO. The Bertz CT molecular complexity index is 754. The van der Waals surface area contributed by atoms with Gasteiger partial charge in [0.1, 0.15) is 5.75 Å². The average molecular weight is 350 g/mol. The number of benzene rings is 2. The van der Waals surface area contributed by atoms with Crippen molar-refractivity contribution in [3.05, 3.63) is 64.7 Å². The number of hydrogen-bond donors (Lipinski definition) is 0. The zero-order chi connectivity index (χ0) is 17.9. The van der Waals surface area contributed by atoms with E-state index >= 15 is 0 Å². The van der Waals surface area contributed by atoms with Crippen LogP contribution < -0.4 is 4.74 Å². The molecule has 0 bridgehead atoms. The van der Waals surface area contributed by atoms with Crippen LogP contribution in [0.3, 0.4) is 0 Å². The van der Waals surface area contributed by atoms with E-state index in [2.05, 4.69) is 54.3 Å². The highest BCUT2D eigenvalue weighted by atomic mass is 16.5. The third-order valence-electron chi connectivity index (χ3n) is 6.37. The third-order valence-corrected chi connectivity index (χ3v) is 6.37. The molecule has 26 heavy (non-hydrogen) atoms. The van der Waals surface area contributed by atoms with Crippen molar-refractivity contribution < 1.29 is 4.74 Å². The second-order valence-corrected chi connectivity index (χ2v) is 7.92. The van der Waals surface area contributed by atoms with E-state index in [9.17, 15) is 0 Å². The smallest absolute Gasteiger partial charge is 0.122 e. The van der Waals surface area contributed by atoms with Crippen LogP contribution in [0.5, 0.6) is 5.75 Å². The van der Waals surface area contributed by atoms with Gasteiger partial charge in [0.05, 0.1) is 7.11 Å². The van der Waals surface area contributed by atoms with E-state index < -0.39 is 0 Å². The molecule has 2 atom stereocenters. The van der Waals surface area contributed by atoms with Gasteiger partial charge in [-0.05, 0) is 79.3 Å². The van der Waals surface area contributed by atoms with Gasteiger partial charge in [0.2, 0.25) is 0 Å². The highest BCUT2D eigenvalue weighted by Gasteiger charge is 2.29. The van der Waals surface area contributed by atoms with Gasteiger partial charge in [0.15, 0.2) is 0 Å². The lowest BCUT2D eigenvalue weighted by atomic mass is 9.86. The molecule has 0 fully saturated rings. The minimum absolute atomic E-state index is 0.669. The first-order valence-corrected chi connectivity index (χ1v) is 10.3. The van der Waals surface area contributed by atoms with Gasteiger partial charge in [-0.2, -0.15) is 0 Å². The molecule has 0 N–H and O–H groups in total. The van der Waals surface area contributed by atoms with Gasteiger partial charge in [-0.15, -0.1) is 0 Å². The molecule has 0 spiro atoms. The zero-order valence-corrected chi connectivity index (χ0v) is 16.2. The Morgan fingerprint density at radius 3 is 2.69 bits per heavy atom. The van der Waals surface area contributed by atoms with E-state index in [4.69, 9.17) is 4.74 Å². The molecule has 2 aliphatic carbocycles. The molecule has 0 heterocycles. The Labute approximate surface area is 158 Å². The van der Waals surface area contributed by atoms with Gasteiger partial charge in [0, 0.05) is 12.6 Å². The summed E-state index contributed by atoms with van der Waals surface area (Å²) in [6, 6.07) is 16.3. The SMILES string of the molecule is CCCN(CC1CCc2ccccc21)C1CCc2c(cccc2OC)C1. The molecule has 2 heteroatoms. The van der Waals surface area contributed by atoms with E-state index in [0.29, 0.717) is 12.0 Å². The summed E-state index contributed by atoms with van der Waals surface area (Å²) in [5, 5.41) is 0. The van der Waals surface area contributed by atoms with E-state index in [1.165, 1.54) is 56.3 Å². The van der Waals surface area contributed by atoms with Gasteiger partial charge < -0.3 is 4.74 Å². The first-order chi connectivity index (χ1) is 12.8. The Morgan fingerprint density at radius 2 is 1.85 bits per heavy atom. The molecule has 138 valence electrons. The van der Waals surface area contributed by atoms with Gasteiger partial charge in [-0.1, -0.05) is 43.3 Å². The van der Waals surface area contributed by atoms with E-state index in [0.717, 1.165) is 12.2 Å². The number of fused-ring (bicyclic) bond motifs is 2. The standard InChI is InChI=1S/C24H31NO/c1-3-15-25(17-20-12-11-18-7-4-5-9-22(18)20)21-13-14-23-19(16-21)8-6-10-24(23)26-2/h4-10,20-21H,3,11-17H2,1-2H3. The highest BCUT2D eigenvalue weighted by molar-refractivity contribution is 5.42. The summed E-state index contributed by atoms with van der Waals surface area (Å²) in [6.45, 7) is 4.74. The van der Waals surface area contributed by atoms with Gasteiger partial charge >= 0.3 is 0 Å². The second kappa shape index (κ2) is 7.84. The Morgan fingerprint density at radius 1 is 1.00 bits per heavy atom. The van der Waals surface area contributed by atoms with Crippen molar-refractivity contribution in [2.45, 2.75) is 57.4 Å². The summed E-state index contributed by atoms with van der Waals surface area (Å²) in [6.07, 6.45) is 7.37. The van der Waals surface area contributed by atoms with Crippen LogP contribution in [-0.2, 0) is 19.3 Å². The molecular weight excluding hydrogens is 318 g/mol. The van der Waals surface area contributed by atoms with Crippen molar-refractivity contribution >= 4 is 0 Å². The first kappa shape index (κ1) is 17.6. The number of nitrogens with zero attached hydrogens (tertiary/aromatic N) is 1. The minimum Gasteiger partial charge on any atom is -0.496 e. The maximum absolute atomic E-state index is 5.59. The molecule has 2 unspecified atom stereocenters. The van der Waals surface area contributed by atoms with Crippen LogP contribution in [0.25, 0.3) is 0 Å². The quantitative estimate of drug-likeness (QED) is 0.728. The maximum atomic E-state index is 5.59. The van der Waals surface area contributed by atoms with Crippen LogP contribution in [-0.4, -0.2) is 31.1 Å². The Hall–Kier alpha value is -1.80. The summed E-state index contributed by atoms with van der Waals surface area (Å²) in [4.78, 5) is 2.79. The summed E-state index contributed by atoms with van der Waals surface area (Å²) < 4.78 is 5.59. The van der Waals surface area contributed by atoms with Gasteiger partial charge in [-0.3, -0.25) is 4.90 Å². The van der Waals surface area contributed by atoms with Gasteiger partial charge in [0.25, 0.3) is 0 Å². The number of rotatable bonds is 6. The molecule has 0 saturated heterocycles. The molecule has 2 nitrogen and oxygen atoms in total. The fourth-order valence-electron chi connectivity index (χ4n) is 5.08. The topological polar surface area (TPSA) is 12.5 Å². The monoisotopic (exact) mass is 349 g/mol. The van der Waals surface area contributed by atoms with Crippen molar-refractivity contribution in [3.63, 3.8) is 0 Å². The molecule has 0 saturated carbocycles. The normalized spacial score (nSPS) is 21.5. The molecule has 0 aliphatic heterocycles. The van der Waals surface area contributed by atoms with Crippen LogP contribution >= 0.6 is 0 Å². The second-order valence-electron chi connectivity index (χ2n) is 7.92. The zero-order valence-electron chi connectivity index (χ0n) is 16.2. The largest absolute Gasteiger partial charge is 0.496 e. The van der Waals surface area contributed by atoms with Crippen molar-refractivity contribution in [3.8, 4) is 5.75 Å². The Balaban J connectivity index is 1.51. The van der Waals surface area contributed by atoms with Crippen molar-refractivity contribution in [1.29, 1.82) is 0 Å². The molecule has 4 rings (SSSR count).